The van der Waals surface area contributed by atoms with Crippen LogP contribution in [0.15, 0.2) is 22.0 Å². The van der Waals surface area contributed by atoms with Crippen molar-refractivity contribution >= 4 is 23.1 Å². The number of aromatic nitrogens is 4. The monoisotopic (exact) mass is 255 g/mol. The summed E-state index contributed by atoms with van der Waals surface area (Å²) in [7, 11) is 0. The zero-order chi connectivity index (χ0) is 11.2. The minimum Gasteiger partial charge on any atom is -0.329 e. The van der Waals surface area contributed by atoms with Gasteiger partial charge in [-0.3, -0.25) is 0 Å². The molecule has 0 amide bonds. The average molecular weight is 255 g/mol. The number of hydrogen-bond donors (Lipinski definition) is 1. The van der Waals surface area contributed by atoms with Crippen molar-refractivity contribution in [3.63, 3.8) is 0 Å². The second-order valence-corrected chi connectivity index (χ2v) is 5.05. The Morgan fingerprint density at radius 2 is 2.44 bits per heavy atom. The zero-order valence-corrected chi connectivity index (χ0v) is 10.4. The molecule has 0 fully saturated rings. The van der Waals surface area contributed by atoms with E-state index in [0.29, 0.717) is 13.1 Å². The molecule has 0 bridgehead atoms. The molecule has 0 aliphatic heterocycles. The zero-order valence-electron chi connectivity index (χ0n) is 8.74. The maximum atomic E-state index is 5.47. The number of nitrogens with zero attached hydrogens (tertiary/aromatic N) is 4. The van der Waals surface area contributed by atoms with Crippen LogP contribution in [0.2, 0.25) is 0 Å². The largest absolute Gasteiger partial charge is 0.329 e. The van der Waals surface area contributed by atoms with Crippen molar-refractivity contribution in [3.05, 3.63) is 22.4 Å². The molecule has 2 aromatic heterocycles. The van der Waals surface area contributed by atoms with E-state index in [2.05, 4.69) is 32.4 Å². The van der Waals surface area contributed by atoms with Crippen LogP contribution in [0.25, 0.3) is 0 Å². The first-order valence-electron chi connectivity index (χ1n) is 5.00. The van der Waals surface area contributed by atoms with Crippen LogP contribution in [0.3, 0.4) is 0 Å². The third-order valence-electron chi connectivity index (χ3n) is 2.04. The molecule has 2 aromatic rings. The maximum absolute atomic E-state index is 5.47. The summed E-state index contributed by atoms with van der Waals surface area (Å²) < 4.78 is 1.75. The lowest BCUT2D eigenvalue weighted by Crippen LogP contribution is -2.12. The summed E-state index contributed by atoms with van der Waals surface area (Å²) in [4.78, 5) is 0. The van der Waals surface area contributed by atoms with Gasteiger partial charge in [-0.15, -0.1) is 5.10 Å². The van der Waals surface area contributed by atoms with Gasteiger partial charge in [0.05, 0.1) is 6.54 Å². The van der Waals surface area contributed by atoms with Crippen LogP contribution in [0, 0.1) is 0 Å². The molecule has 0 aliphatic carbocycles. The predicted octanol–water partition coefficient (Wildman–Crippen LogP) is 1.03. The number of nitrogens with two attached hydrogens (primary N) is 1. The third kappa shape index (κ3) is 3.03. The molecule has 0 saturated heterocycles. The number of thiophene rings is 1. The number of aryl methyl sites for hydroxylation is 1. The summed E-state index contributed by atoms with van der Waals surface area (Å²) in [5.41, 5.74) is 6.84. The average Bonchev–Trinajstić information content (AvgIpc) is 2.91. The fourth-order valence-electron chi connectivity index (χ4n) is 1.26. The van der Waals surface area contributed by atoms with Gasteiger partial charge in [0.25, 0.3) is 0 Å². The Labute approximate surface area is 102 Å². The maximum Gasteiger partial charge on any atom is 0.209 e. The minimum atomic E-state index is 0.559. The quantitative estimate of drug-likeness (QED) is 0.781. The Morgan fingerprint density at radius 1 is 1.50 bits per heavy atom. The summed E-state index contributed by atoms with van der Waals surface area (Å²) in [5.74, 6) is 0.988. The van der Waals surface area contributed by atoms with Crippen molar-refractivity contribution in [2.75, 3.05) is 12.3 Å². The summed E-state index contributed by atoms with van der Waals surface area (Å²) in [6, 6.07) is 2.15. The molecule has 0 aromatic carbocycles. The highest BCUT2D eigenvalue weighted by Gasteiger charge is 2.05. The molecular formula is C9H13N5S2. The second-order valence-electron chi connectivity index (χ2n) is 3.20. The van der Waals surface area contributed by atoms with Crippen molar-refractivity contribution in [1.82, 2.24) is 20.2 Å². The summed E-state index contributed by atoms with van der Waals surface area (Å²) in [5, 5.41) is 16.6. The van der Waals surface area contributed by atoms with E-state index >= 15 is 0 Å². The van der Waals surface area contributed by atoms with E-state index in [0.717, 1.165) is 17.3 Å². The molecule has 0 unspecified atom stereocenters. The van der Waals surface area contributed by atoms with E-state index in [4.69, 9.17) is 5.73 Å². The van der Waals surface area contributed by atoms with Crippen LogP contribution in [0.4, 0.5) is 0 Å². The van der Waals surface area contributed by atoms with Crippen molar-refractivity contribution in [1.29, 1.82) is 0 Å². The van der Waals surface area contributed by atoms with E-state index in [1.807, 2.05) is 0 Å². The van der Waals surface area contributed by atoms with Crippen molar-refractivity contribution in [2.24, 2.45) is 5.73 Å². The fourth-order valence-corrected chi connectivity index (χ4v) is 2.85. The smallest absolute Gasteiger partial charge is 0.209 e. The van der Waals surface area contributed by atoms with Crippen molar-refractivity contribution in [2.45, 2.75) is 18.1 Å². The summed E-state index contributed by atoms with van der Waals surface area (Å²) >= 11 is 3.40. The lowest BCUT2D eigenvalue weighted by Gasteiger charge is -2.01. The topological polar surface area (TPSA) is 69.6 Å². The summed E-state index contributed by atoms with van der Waals surface area (Å²) in [6.07, 6.45) is 1.05. The fraction of sp³-hybridized carbons (Fsp3) is 0.444. The number of tetrazole rings is 1. The standard InChI is InChI=1S/C9H13N5S2/c10-3-4-14-9(11-12-13-14)16-6-2-8-1-5-15-7-8/h1,5,7H,2-4,6,10H2. The van der Waals surface area contributed by atoms with Gasteiger partial charge in [0.1, 0.15) is 0 Å². The van der Waals surface area contributed by atoms with E-state index in [1.165, 1.54) is 5.56 Å². The molecule has 0 spiro atoms. The van der Waals surface area contributed by atoms with Gasteiger partial charge in [-0.05, 0) is 39.2 Å². The Morgan fingerprint density at radius 3 is 3.19 bits per heavy atom. The molecule has 5 nitrogen and oxygen atoms in total. The number of rotatable bonds is 6. The number of hydrogen-bond acceptors (Lipinski definition) is 6. The van der Waals surface area contributed by atoms with Gasteiger partial charge in [0, 0.05) is 12.3 Å². The normalized spacial score (nSPS) is 10.8. The van der Waals surface area contributed by atoms with Gasteiger partial charge in [0.15, 0.2) is 0 Å². The van der Waals surface area contributed by atoms with Crippen molar-refractivity contribution < 1.29 is 0 Å². The Balaban J connectivity index is 1.82. The SMILES string of the molecule is NCCn1nnnc1SCCc1ccsc1. The van der Waals surface area contributed by atoms with Crippen LogP contribution >= 0.6 is 23.1 Å². The molecule has 2 rings (SSSR count). The Kier molecular flexibility index (Phi) is 4.32. The van der Waals surface area contributed by atoms with Crippen LogP contribution in [0.1, 0.15) is 5.56 Å². The Bertz CT molecular complexity index is 411. The van der Waals surface area contributed by atoms with Gasteiger partial charge in [-0.25, -0.2) is 4.68 Å². The van der Waals surface area contributed by atoms with E-state index in [-0.39, 0.29) is 0 Å². The highest BCUT2D eigenvalue weighted by atomic mass is 32.2. The van der Waals surface area contributed by atoms with Crippen LogP contribution in [-0.2, 0) is 13.0 Å². The van der Waals surface area contributed by atoms with E-state index < -0.39 is 0 Å². The highest BCUT2D eigenvalue weighted by molar-refractivity contribution is 7.99. The Hall–Kier alpha value is -0.920. The van der Waals surface area contributed by atoms with Crippen LogP contribution in [0.5, 0.6) is 0 Å². The molecule has 2 N–H and O–H groups in total. The molecule has 0 atom stereocenters. The van der Waals surface area contributed by atoms with Gasteiger partial charge in [0.2, 0.25) is 5.16 Å². The first-order valence-corrected chi connectivity index (χ1v) is 6.93. The molecule has 0 saturated carbocycles. The van der Waals surface area contributed by atoms with Gasteiger partial charge < -0.3 is 5.73 Å². The van der Waals surface area contributed by atoms with Gasteiger partial charge >= 0.3 is 0 Å². The van der Waals surface area contributed by atoms with Crippen LogP contribution in [-0.4, -0.2) is 32.5 Å². The lowest BCUT2D eigenvalue weighted by atomic mass is 10.3. The minimum absolute atomic E-state index is 0.559. The predicted molar refractivity (Wildman–Crippen MR) is 65.6 cm³/mol. The molecule has 2 heterocycles. The third-order valence-corrected chi connectivity index (χ3v) is 3.73. The van der Waals surface area contributed by atoms with Gasteiger partial charge in [-0.1, -0.05) is 11.8 Å². The first-order chi connectivity index (χ1) is 7.90. The number of thioether (sulfide) groups is 1. The van der Waals surface area contributed by atoms with Gasteiger partial charge in [-0.2, -0.15) is 11.3 Å². The second kappa shape index (κ2) is 5.97. The van der Waals surface area contributed by atoms with E-state index in [9.17, 15) is 0 Å². The highest BCUT2D eigenvalue weighted by Crippen LogP contribution is 2.16. The molecule has 86 valence electrons. The molecule has 7 heteroatoms. The first kappa shape index (κ1) is 11.6. The molecule has 16 heavy (non-hydrogen) atoms. The van der Waals surface area contributed by atoms with Crippen molar-refractivity contribution in [3.8, 4) is 0 Å². The molecule has 0 aliphatic rings. The lowest BCUT2D eigenvalue weighted by molar-refractivity contribution is 0.557. The van der Waals surface area contributed by atoms with Crippen LogP contribution < -0.4 is 5.73 Å². The molecule has 0 radical (unpaired) electrons. The summed E-state index contributed by atoms with van der Waals surface area (Å²) in [6.45, 7) is 1.23. The van der Waals surface area contributed by atoms with E-state index in [1.54, 1.807) is 27.8 Å². The molecular weight excluding hydrogens is 242 g/mol.